The summed E-state index contributed by atoms with van der Waals surface area (Å²) in [6.07, 6.45) is -0.131. The zero-order chi connectivity index (χ0) is 38.8. The molecular formula is C39H50O12. The summed E-state index contributed by atoms with van der Waals surface area (Å²) in [5.41, 5.74) is -2.21. The van der Waals surface area contributed by atoms with E-state index in [-0.39, 0.29) is 44.9 Å². The van der Waals surface area contributed by atoms with Crippen molar-refractivity contribution in [1.82, 2.24) is 0 Å². The summed E-state index contributed by atoms with van der Waals surface area (Å²) in [5, 5.41) is 80.3. The molecule has 3 atom stereocenters. The molecule has 0 bridgehead atoms. The van der Waals surface area contributed by atoms with E-state index in [1.165, 1.54) is 28.1 Å². The summed E-state index contributed by atoms with van der Waals surface area (Å²) < 4.78 is 10.8. The van der Waals surface area contributed by atoms with Crippen molar-refractivity contribution in [3.8, 4) is 51.7 Å². The fourth-order valence-corrected chi connectivity index (χ4v) is 6.12. The Morgan fingerprint density at radius 1 is 0.471 bits per heavy atom. The fourth-order valence-electron chi connectivity index (χ4n) is 6.12. The molecule has 0 spiro atoms. The number of benzene rings is 3. The van der Waals surface area contributed by atoms with Crippen molar-refractivity contribution in [1.29, 1.82) is 0 Å². The molecule has 3 aromatic carbocycles. The molecule has 0 saturated heterocycles. The third kappa shape index (κ3) is 6.96. The molecule has 12 heteroatoms. The van der Waals surface area contributed by atoms with Crippen LogP contribution in [-0.4, -0.2) is 67.3 Å². The number of aromatic hydroxyl groups is 7. The van der Waals surface area contributed by atoms with Crippen LogP contribution in [0.15, 0.2) is 0 Å². The molecule has 0 heterocycles. The zero-order valence-corrected chi connectivity index (χ0v) is 30.9. The van der Waals surface area contributed by atoms with E-state index in [0.29, 0.717) is 19.3 Å². The molecule has 51 heavy (non-hydrogen) atoms. The van der Waals surface area contributed by atoms with Crippen LogP contribution in [0.3, 0.4) is 0 Å². The lowest BCUT2D eigenvalue weighted by atomic mass is 9.85. The van der Waals surface area contributed by atoms with E-state index in [1.54, 1.807) is 41.5 Å². The van der Waals surface area contributed by atoms with Gasteiger partial charge in [0.15, 0.2) is 17.3 Å². The summed E-state index contributed by atoms with van der Waals surface area (Å²) >= 11 is 0. The molecule has 0 aromatic heterocycles. The van der Waals surface area contributed by atoms with Gasteiger partial charge in [-0.25, -0.2) is 0 Å². The lowest BCUT2D eigenvalue weighted by Gasteiger charge is -2.23. The van der Waals surface area contributed by atoms with Gasteiger partial charge in [0.25, 0.3) is 0 Å². The largest absolute Gasteiger partial charge is 0.507 e. The Bertz CT molecular complexity index is 1750. The van der Waals surface area contributed by atoms with Gasteiger partial charge in [-0.05, 0) is 33.1 Å². The minimum absolute atomic E-state index is 0.0601. The first-order valence-electron chi connectivity index (χ1n) is 17.0. The highest BCUT2D eigenvalue weighted by Gasteiger charge is 2.35. The molecule has 0 saturated carbocycles. The average Bonchev–Trinajstić information content (AvgIpc) is 3.11. The summed E-state index contributed by atoms with van der Waals surface area (Å²) in [7, 11) is 2.55. The second kappa shape index (κ2) is 15.8. The van der Waals surface area contributed by atoms with Crippen molar-refractivity contribution >= 4 is 17.3 Å². The number of hydrogen-bond donors (Lipinski definition) is 7. The molecule has 12 nitrogen and oxygen atoms in total. The molecular weight excluding hydrogens is 660 g/mol. The average molecular weight is 711 g/mol. The minimum atomic E-state index is -0.840. The first-order valence-corrected chi connectivity index (χ1v) is 17.0. The number of ketones is 3. The minimum Gasteiger partial charge on any atom is -0.507 e. The van der Waals surface area contributed by atoms with Crippen molar-refractivity contribution in [2.24, 2.45) is 17.8 Å². The Morgan fingerprint density at radius 2 is 0.725 bits per heavy atom. The van der Waals surface area contributed by atoms with Gasteiger partial charge in [0.2, 0.25) is 0 Å². The van der Waals surface area contributed by atoms with Crippen LogP contribution in [0.1, 0.15) is 125 Å². The van der Waals surface area contributed by atoms with E-state index >= 15 is 0 Å². The maximum Gasteiger partial charge on any atom is 0.173 e. The summed E-state index contributed by atoms with van der Waals surface area (Å²) in [6.45, 7) is 13.1. The van der Waals surface area contributed by atoms with Crippen molar-refractivity contribution in [3.63, 3.8) is 0 Å². The first kappa shape index (κ1) is 40.3. The number of Topliss-reactive ketones (excluding diaryl/α,β-unsaturated/α-hetero) is 3. The van der Waals surface area contributed by atoms with Gasteiger partial charge in [0, 0.05) is 64.0 Å². The normalized spacial score (nSPS) is 13.1. The predicted molar refractivity (Wildman–Crippen MR) is 191 cm³/mol. The van der Waals surface area contributed by atoms with Gasteiger partial charge >= 0.3 is 0 Å². The summed E-state index contributed by atoms with van der Waals surface area (Å²) in [5.74, 6) is -8.43. The Hall–Kier alpha value is -5.13. The van der Waals surface area contributed by atoms with Crippen molar-refractivity contribution in [2.75, 3.05) is 14.2 Å². The van der Waals surface area contributed by atoms with E-state index in [9.17, 15) is 50.1 Å². The molecule has 278 valence electrons. The first-order chi connectivity index (χ1) is 23.9. The van der Waals surface area contributed by atoms with Crippen LogP contribution in [0.5, 0.6) is 51.7 Å². The highest BCUT2D eigenvalue weighted by molar-refractivity contribution is 6.06. The van der Waals surface area contributed by atoms with E-state index in [1.807, 2.05) is 0 Å². The van der Waals surface area contributed by atoms with Gasteiger partial charge in [-0.15, -0.1) is 0 Å². The Labute approximate surface area is 297 Å². The highest BCUT2D eigenvalue weighted by atomic mass is 16.5. The number of hydrogen-bond acceptors (Lipinski definition) is 12. The molecule has 0 radical (unpaired) electrons. The standard InChI is InChI=1S/C39H50O12/c1-11-16(4)28(40)25-34(46)23(14-21-31(43)19(7)38(50-9)26(36(21)48)29(41)17(5)12-2)33(45)24(35(25)47)15-22-32(44)20(8)39(51-10)27(37(22)49)30(42)18(6)13-3/h16-18,43-49H,11-15H2,1-10H3/t16-,17-,18-/m1/s1. The lowest BCUT2D eigenvalue weighted by molar-refractivity contribution is 0.0912. The maximum atomic E-state index is 13.7. The second-order valence-corrected chi connectivity index (χ2v) is 13.2. The number of carbonyl (C=O) groups excluding carboxylic acids is 3. The van der Waals surface area contributed by atoms with Crippen molar-refractivity contribution in [3.05, 3.63) is 50.1 Å². The summed E-state index contributed by atoms with van der Waals surface area (Å²) in [6, 6.07) is 0. The predicted octanol–water partition coefficient (Wildman–Crippen LogP) is 7.13. The van der Waals surface area contributed by atoms with E-state index < -0.39 is 105 Å². The Kier molecular flexibility index (Phi) is 12.5. The van der Waals surface area contributed by atoms with Crippen molar-refractivity contribution < 1.29 is 59.6 Å². The topological polar surface area (TPSA) is 211 Å². The smallest absolute Gasteiger partial charge is 0.173 e. The molecule has 0 aliphatic heterocycles. The molecule has 7 N–H and O–H groups in total. The van der Waals surface area contributed by atoms with Gasteiger partial charge in [-0.2, -0.15) is 0 Å². The van der Waals surface area contributed by atoms with Gasteiger partial charge < -0.3 is 45.2 Å². The molecule has 3 rings (SSSR count). The van der Waals surface area contributed by atoms with Gasteiger partial charge in [0.1, 0.15) is 68.4 Å². The molecule has 0 fully saturated rings. The number of methoxy groups -OCH3 is 2. The van der Waals surface area contributed by atoms with Gasteiger partial charge in [0.05, 0.1) is 14.2 Å². The van der Waals surface area contributed by atoms with Crippen LogP contribution < -0.4 is 9.47 Å². The monoisotopic (exact) mass is 710 g/mol. The van der Waals surface area contributed by atoms with Crippen LogP contribution in [0, 0.1) is 31.6 Å². The molecule has 0 unspecified atom stereocenters. The molecule has 0 aliphatic rings. The van der Waals surface area contributed by atoms with Gasteiger partial charge in [-0.3, -0.25) is 14.4 Å². The zero-order valence-electron chi connectivity index (χ0n) is 30.9. The number of rotatable bonds is 15. The van der Waals surface area contributed by atoms with Crippen LogP contribution in [0.4, 0.5) is 0 Å². The van der Waals surface area contributed by atoms with Crippen molar-refractivity contribution in [2.45, 2.75) is 87.5 Å². The molecule has 0 amide bonds. The van der Waals surface area contributed by atoms with Crippen LogP contribution in [0.25, 0.3) is 0 Å². The van der Waals surface area contributed by atoms with Crippen LogP contribution in [0.2, 0.25) is 0 Å². The molecule has 3 aromatic rings. The Morgan fingerprint density at radius 3 is 1.00 bits per heavy atom. The quantitative estimate of drug-likeness (QED) is 0.0786. The number of ether oxygens (including phenoxy) is 2. The van der Waals surface area contributed by atoms with E-state index in [4.69, 9.17) is 9.47 Å². The Balaban J connectivity index is 2.47. The number of phenols is 7. The van der Waals surface area contributed by atoms with E-state index in [0.717, 1.165) is 0 Å². The fraction of sp³-hybridized carbons (Fsp3) is 0.462. The second-order valence-electron chi connectivity index (χ2n) is 13.2. The number of phenolic OH excluding ortho intramolecular Hbond substituents is 7. The third-order valence-corrected chi connectivity index (χ3v) is 10.1. The van der Waals surface area contributed by atoms with E-state index in [2.05, 4.69) is 0 Å². The number of carbonyl (C=O) groups is 3. The third-order valence-electron chi connectivity index (χ3n) is 10.1. The SMILES string of the molecule is CC[C@@H](C)C(=O)c1c(O)c(Cc2c(O)c(C)c(OC)c(C(=O)[C@H](C)CC)c2O)c(O)c(Cc2c(O)c(C)c(OC)c(C(=O)[C@H](C)CC)c2O)c1O. The van der Waals surface area contributed by atoms with Crippen LogP contribution >= 0.6 is 0 Å². The summed E-state index contributed by atoms with van der Waals surface area (Å²) in [4.78, 5) is 40.5. The highest BCUT2D eigenvalue weighted by Crippen LogP contribution is 2.51. The molecule has 0 aliphatic carbocycles. The van der Waals surface area contributed by atoms with Gasteiger partial charge in [-0.1, -0.05) is 41.5 Å². The lowest BCUT2D eigenvalue weighted by Crippen LogP contribution is -2.15. The van der Waals surface area contributed by atoms with Crippen LogP contribution in [-0.2, 0) is 12.8 Å². The maximum absolute atomic E-state index is 13.7.